The Morgan fingerprint density at radius 1 is 1.20 bits per heavy atom. The van der Waals surface area contributed by atoms with Gasteiger partial charge >= 0.3 is 0 Å². The number of nitrogens with zero attached hydrogens (tertiary/aromatic N) is 3. The zero-order valence-electron chi connectivity index (χ0n) is 20.6. The lowest BCUT2D eigenvalue weighted by Crippen LogP contribution is -2.50. The Bertz CT molecular complexity index is 1290. The number of carbonyl (C=O) groups excluding carboxylic acids is 2. The molecule has 1 aliphatic heterocycles. The highest BCUT2D eigenvalue weighted by molar-refractivity contribution is 7.18. The first kappa shape index (κ1) is 23.8. The van der Waals surface area contributed by atoms with Gasteiger partial charge in [-0.25, -0.2) is 4.98 Å². The van der Waals surface area contributed by atoms with Crippen LogP contribution in [0.4, 0.5) is 0 Å². The third kappa shape index (κ3) is 4.78. The largest absolute Gasteiger partial charge is 0.459 e. The van der Waals surface area contributed by atoms with Gasteiger partial charge in [-0.05, 0) is 48.3 Å². The second-order valence-corrected chi connectivity index (χ2v) is 11.7. The van der Waals surface area contributed by atoms with E-state index in [4.69, 9.17) is 9.40 Å². The van der Waals surface area contributed by atoms with E-state index in [1.54, 1.807) is 33.3 Å². The lowest BCUT2D eigenvalue weighted by molar-refractivity contribution is -0.132. The highest BCUT2D eigenvalue weighted by Gasteiger charge is 2.32. The van der Waals surface area contributed by atoms with E-state index >= 15 is 0 Å². The monoisotopic (exact) mass is 496 g/mol. The Kier molecular flexibility index (Phi) is 6.29. The van der Waals surface area contributed by atoms with E-state index in [0.29, 0.717) is 50.1 Å². The number of H-pyrrole nitrogens is 1. The van der Waals surface area contributed by atoms with Gasteiger partial charge in [0.05, 0.1) is 11.6 Å². The number of hydrogen-bond acceptors (Lipinski definition) is 6. The molecule has 2 amide bonds. The molecule has 0 saturated carbocycles. The maximum Gasteiger partial charge on any atom is 0.289 e. The van der Waals surface area contributed by atoms with Crippen LogP contribution < -0.4 is 5.56 Å². The first-order valence-electron chi connectivity index (χ1n) is 12.3. The molecule has 1 fully saturated rings. The summed E-state index contributed by atoms with van der Waals surface area (Å²) >= 11 is 1.64. The Morgan fingerprint density at radius 2 is 1.94 bits per heavy atom. The van der Waals surface area contributed by atoms with Crippen molar-refractivity contribution in [3.05, 3.63) is 50.8 Å². The number of nitrogens with one attached hydrogen (secondary N) is 1. The Balaban J connectivity index is 1.21. The highest BCUT2D eigenvalue weighted by Crippen LogP contribution is 2.42. The second-order valence-electron chi connectivity index (χ2n) is 10.7. The molecule has 0 radical (unpaired) electrons. The molecular weight excluding hydrogens is 464 g/mol. The van der Waals surface area contributed by atoms with Crippen molar-refractivity contribution in [2.24, 2.45) is 11.3 Å². The number of aromatic amines is 1. The van der Waals surface area contributed by atoms with E-state index in [-0.39, 0.29) is 29.2 Å². The molecular formula is C26H32N4O4S. The topological polar surface area (TPSA) is 99.5 Å². The highest BCUT2D eigenvalue weighted by atomic mass is 32.1. The molecule has 1 N–H and O–H groups in total. The summed E-state index contributed by atoms with van der Waals surface area (Å²) in [5.41, 5.74) is 1.33. The van der Waals surface area contributed by atoms with Crippen LogP contribution >= 0.6 is 11.3 Å². The van der Waals surface area contributed by atoms with Crippen LogP contribution in [-0.4, -0.2) is 57.8 Å². The molecule has 8 nitrogen and oxygen atoms in total. The van der Waals surface area contributed by atoms with E-state index in [0.717, 1.165) is 29.5 Å². The van der Waals surface area contributed by atoms with Crippen LogP contribution in [0.1, 0.15) is 60.4 Å². The van der Waals surface area contributed by atoms with E-state index < -0.39 is 0 Å². The fraction of sp³-hybridized carbons (Fsp3) is 0.538. The lowest BCUT2D eigenvalue weighted by atomic mass is 9.72. The normalized spacial score (nSPS) is 18.7. The number of piperazine rings is 1. The molecule has 0 unspecified atom stereocenters. The number of amides is 2. The summed E-state index contributed by atoms with van der Waals surface area (Å²) in [5, 5.41) is 0.741. The number of fused-ring (bicyclic) bond motifs is 3. The first-order valence-corrected chi connectivity index (χ1v) is 13.2. The van der Waals surface area contributed by atoms with Crippen molar-refractivity contribution in [2.45, 2.75) is 52.9 Å². The van der Waals surface area contributed by atoms with Crippen molar-refractivity contribution >= 4 is 33.4 Å². The van der Waals surface area contributed by atoms with Gasteiger partial charge in [0, 0.05) is 43.9 Å². The molecule has 1 aliphatic carbocycles. The standard InChI is InChI=1S/C26H32N4O4S/c1-26(2,3)16-6-7-17-19(15-16)35-24-22(17)23(32)27-20(28-24)8-9-21(31)29-10-12-30(13-11-29)25(33)18-5-4-14-34-18/h4-5,14,16H,6-13,15H2,1-3H3,(H,27,28,32)/t16-/m1/s1. The van der Waals surface area contributed by atoms with Crippen molar-refractivity contribution in [3.63, 3.8) is 0 Å². The number of furan rings is 1. The summed E-state index contributed by atoms with van der Waals surface area (Å²) in [5.74, 6) is 1.35. The van der Waals surface area contributed by atoms with Crippen LogP contribution in [0.25, 0.3) is 10.2 Å². The molecule has 4 heterocycles. The van der Waals surface area contributed by atoms with Gasteiger partial charge in [0.25, 0.3) is 11.5 Å². The Morgan fingerprint density at radius 3 is 2.63 bits per heavy atom. The maximum absolute atomic E-state index is 12.9. The number of aryl methyl sites for hydroxylation is 2. The van der Waals surface area contributed by atoms with E-state index in [1.807, 2.05) is 0 Å². The van der Waals surface area contributed by atoms with Crippen molar-refractivity contribution in [3.8, 4) is 0 Å². The summed E-state index contributed by atoms with van der Waals surface area (Å²) in [4.78, 5) is 51.4. The smallest absolute Gasteiger partial charge is 0.289 e. The molecule has 2 aliphatic rings. The molecule has 0 spiro atoms. The summed E-state index contributed by atoms with van der Waals surface area (Å²) < 4.78 is 5.19. The molecule has 5 rings (SSSR count). The number of hydrogen-bond donors (Lipinski definition) is 1. The van der Waals surface area contributed by atoms with Gasteiger partial charge in [0.15, 0.2) is 5.76 Å². The molecule has 0 bridgehead atoms. The van der Waals surface area contributed by atoms with E-state index in [9.17, 15) is 14.4 Å². The molecule has 35 heavy (non-hydrogen) atoms. The quantitative estimate of drug-likeness (QED) is 0.594. The van der Waals surface area contributed by atoms with Crippen LogP contribution in [-0.2, 0) is 24.1 Å². The van der Waals surface area contributed by atoms with Crippen LogP contribution in [0.2, 0.25) is 0 Å². The Hall–Kier alpha value is -2.94. The third-order valence-corrected chi connectivity index (χ3v) is 8.57. The number of aromatic nitrogens is 2. The van der Waals surface area contributed by atoms with E-state index in [2.05, 4.69) is 25.8 Å². The van der Waals surface area contributed by atoms with Gasteiger partial charge in [-0.2, -0.15) is 0 Å². The van der Waals surface area contributed by atoms with Gasteiger partial charge in [-0.1, -0.05) is 20.8 Å². The van der Waals surface area contributed by atoms with Crippen LogP contribution in [0.3, 0.4) is 0 Å². The fourth-order valence-corrected chi connectivity index (χ4v) is 6.50. The third-order valence-electron chi connectivity index (χ3n) is 7.42. The average Bonchev–Trinajstić information content (AvgIpc) is 3.49. The van der Waals surface area contributed by atoms with Crippen molar-refractivity contribution in [2.75, 3.05) is 26.2 Å². The summed E-state index contributed by atoms with van der Waals surface area (Å²) in [7, 11) is 0. The predicted octanol–water partition coefficient (Wildman–Crippen LogP) is 3.65. The van der Waals surface area contributed by atoms with Crippen LogP contribution in [0, 0.1) is 11.3 Å². The van der Waals surface area contributed by atoms with Gasteiger partial charge in [0.2, 0.25) is 5.91 Å². The van der Waals surface area contributed by atoms with Gasteiger partial charge in [0.1, 0.15) is 10.7 Å². The van der Waals surface area contributed by atoms with Crippen molar-refractivity contribution < 1.29 is 14.0 Å². The molecule has 3 aromatic rings. The summed E-state index contributed by atoms with van der Waals surface area (Å²) in [6, 6.07) is 3.34. The minimum atomic E-state index is -0.148. The fourth-order valence-electron chi connectivity index (χ4n) is 5.18. The minimum Gasteiger partial charge on any atom is -0.459 e. The zero-order chi connectivity index (χ0) is 24.7. The first-order chi connectivity index (χ1) is 16.7. The summed E-state index contributed by atoms with van der Waals surface area (Å²) in [6.45, 7) is 8.78. The average molecular weight is 497 g/mol. The second kappa shape index (κ2) is 9.26. The number of thiophene rings is 1. The Labute approximate surface area is 208 Å². The molecule has 9 heteroatoms. The molecule has 1 saturated heterocycles. The summed E-state index contributed by atoms with van der Waals surface area (Å²) in [6.07, 6.45) is 5.17. The van der Waals surface area contributed by atoms with Gasteiger partial charge in [-0.15, -0.1) is 11.3 Å². The molecule has 1 atom stereocenters. The van der Waals surface area contributed by atoms with Gasteiger partial charge in [-0.3, -0.25) is 14.4 Å². The van der Waals surface area contributed by atoms with Crippen molar-refractivity contribution in [1.29, 1.82) is 0 Å². The maximum atomic E-state index is 12.9. The van der Waals surface area contributed by atoms with Crippen LogP contribution in [0.15, 0.2) is 27.6 Å². The minimum absolute atomic E-state index is 0.0105. The van der Waals surface area contributed by atoms with Gasteiger partial charge < -0.3 is 19.2 Å². The van der Waals surface area contributed by atoms with Crippen LogP contribution in [0.5, 0.6) is 0 Å². The molecule has 0 aromatic carbocycles. The molecule has 186 valence electrons. The lowest BCUT2D eigenvalue weighted by Gasteiger charge is -2.34. The van der Waals surface area contributed by atoms with E-state index in [1.165, 1.54) is 16.7 Å². The van der Waals surface area contributed by atoms with Crippen molar-refractivity contribution in [1.82, 2.24) is 19.8 Å². The SMILES string of the molecule is CC(C)(C)[C@@H]1CCc2c(sc3nc(CCC(=O)N4CCN(C(=O)c5ccco5)CC4)[nH]c(=O)c23)C1. The molecule has 3 aromatic heterocycles. The predicted molar refractivity (Wildman–Crippen MR) is 135 cm³/mol. The number of rotatable bonds is 4. The number of carbonyl (C=O) groups is 2. The zero-order valence-corrected chi connectivity index (χ0v) is 21.4.